The van der Waals surface area contributed by atoms with Gasteiger partial charge in [-0.25, -0.2) is 0 Å². The summed E-state index contributed by atoms with van der Waals surface area (Å²) in [6, 6.07) is 6.98. The molecule has 0 aliphatic carbocycles. The van der Waals surface area contributed by atoms with Crippen LogP contribution in [0.2, 0.25) is 5.02 Å². The number of ether oxygens (including phenoxy) is 2. The summed E-state index contributed by atoms with van der Waals surface area (Å²) in [7, 11) is 1.53. The third kappa shape index (κ3) is 4.27. The van der Waals surface area contributed by atoms with Crippen molar-refractivity contribution in [1.29, 1.82) is 0 Å². The second-order valence-corrected chi connectivity index (χ2v) is 8.29. The SMILES string of the molecule is COCC(=O)N1CCC2(CC1)SCCN2C(=O)COc1ccc(Cl)cc1. The van der Waals surface area contributed by atoms with Crippen molar-refractivity contribution in [3.8, 4) is 5.75 Å². The van der Waals surface area contributed by atoms with Gasteiger partial charge in [0.05, 0.1) is 4.87 Å². The molecule has 2 heterocycles. The normalized spacial score (nSPS) is 19.0. The van der Waals surface area contributed by atoms with E-state index in [0.717, 1.165) is 25.1 Å². The molecule has 0 saturated carbocycles. The van der Waals surface area contributed by atoms with Crippen LogP contribution in [0.5, 0.6) is 5.75 Å². The smallest absolute Gasteiger partial charge is 0.261 e. The fourth-order valence-corrected chi connectivity index (χ4v) is 5.05. The summed E-state index contributed by atoms with van der Waals surface area (Å²) in [5, 5.41) is 0.633. The van der Waals surface area contributed by atoms with Gasteiger partial charge in [-0.1, -0.05) is 11.6 Å². The number of thioether (sulfide) groups is 1. The number of rotatable bonds is 5. The average molecular weight is 399 g/mol. The zero-order valence-corrected chi connectivity index (χ0v) is 16.4. The molecule has 142 valence electrons. The minimum absolute atomic E-state index is 0.00861. The standard InChI is InChI=1S/C18H23ClN2O4S/c1-24-12-16(22)20-8-6-18(7-9-20)21(10-11-26-18)17(23)13-25-15-4-2-14(19)3-5-15/h2-5H,6-13H2,1H3. The first kappa shape index (κ1) is 19.3. The second kappa shape index (κ2) is 8.50. The topological polar surface area (TPSA) is 59.1 Å². The highest BCUT2D eigenvalue weighted by Crippen LogP contribution is 2.43. The lowest BCUT2D eigenvalue weighted by molar-refractivity contribution is -0.140. The van der Waals surface area contributed by atoms with E-state index in [0.29, 0.717) is 23.9 Å². The van der Waals surface area contributed by atoms with Crippen LogP contribution in [-0.2, 0) is 14.3 Å². The van der Waals surface area contributed by atoms with Crippen LogP contribution in [0.15, 0.2) is 24.3 Å². The van der Waals surface area contributed by atoms with Gasteiger partial charge in [-0.2, -0.15) is 0 Å². The van der Waals surface area contributed by atoms with Crippen molar-refractivity contribution >= 4 is 35.2 Å². The number of amides is 2. The number of hydrogen-bond acceptors (Lipinski definition) is 5. The van der Waals surface area contributed by atoms with Crippen LogP contribution < -0.4 is 4.74 Å². The molecule has 1 aromatic carbocycles. The van der Waals surface area contributed by atoms with E-state index in [1.807, 2.05) is 21.6 Å². The Kier molecular flexibility index (Phi) is 6.32. The molecule has 3 rings (SSSR count). The van der Waals surface area contributed by atoms with E-state index in [1.54, 1.807) is 24.3 Å². The van der Waals surface area contributed by atoms with Crippen LogP contribution in [0, 0.1) is 0 Å². The van der Waals surface area contributed by atoms with Crippen LogP contribution in [0.1, 0.15) is 12.8 Å². The van der Waals surface area contributed by atoms with Gasteiger partial charge in [0.15, 0.2) is 6.61 Å². The Labute approximate surface area is 162 Å². The first-order valence-corrected chi connectivity index (χ1v) is 10.00. The van der Waals surface area contributed by atoms with Crippen LogP contribution in [0.3, 0.4) is 0 Å². The molecule has 2 amide bonds. The molecule has 0 atom stereocenters. The van der Waals surface area contributed by atoms with Crippen molar-refractivity contribution in [2.75, 3.05) is 45.7 Å². The number of hydrogen-bond donors (Lipinski definition) is 0. The zero-order chi connectivity index (χ0) is 18.6. The van der Waals surface area contributed by atoms with Gasteiger partial charge in [-0.05, 0) is 37.1 Å². The zero-order valence-electron chi connectivity index (χ0n) is 14.8. The maximum absolute atomic E-state index is 12.7. The molecular formula is C18H23ClN2O4S. The van der Waals surface area contributed by atoms with Crippen molar-refractivity contribution < 1.29 is 19.1 Å². The summed E-state index contributed by atoms with van der Waals surface area (Å²) in [5.74, 6) is 1.54. The number of piperidine rings is 1. The Bertz CT molecular complexity index is 647. The quantitative estimate of drug-likeness (QED) is 0.761. The molecule has 0 N–H and O–H groups in total. The lowest BCUT2D eigenvalue weighted by atomic mass is 10.0. The first-order chi connectivity index (χ1) is 12.5. The molecule has 0 bridgehead atoms. The fraction of sp³-hybridized carbons (Fsp3) is 0.556. The van der Waals surface area contributed by atoms with Gasteiger partial charge in [0.25, 0.3) is 5.91 Å². The second-order valence-electron chi connectivity index (χ2n) is 6.40. The Morgan fingerprint density at radius 2 is 1.81 bits per heavy atom. The maximum atomic E-state index is 12.7. The number of benzene rings is 1. The minimum atomic E-state index is -0.218. The molecular weight excluding hydrogens is 376 g/mol. The van der Waals surface area contributed by atoms with E-state index in [4.69, 9.17) is 21.1 Å². The predicted molar refractivity (Wildman–Crippen MR) is 102 cm³/mol. The maximum Gasteiger partial charge on any atom is 0.261 e. The number of halogens is 1. The third-order valence-corrected chi connectivity index (χ3v) is 6.62. The van der Waals surface area contributed by atoms with Gasteiger partial charge in [0.1, 0.15) is 12.4 Å². The van der Waals surface area contributed by atoms with Crippen LogP contribution in [0.4, 0.5) is 0 Å². The minimum Gasteiger partial charge on any atom is -0.484 e. The molecule has 2 saturated heterocycles. The molecule has 8 heteroatoms. The first-order valence-electron chi connectivity index (χ1n) is 8.63. The summed E-state index contributed by atoms with van der Waals surface area (Å²) in [6.45, 7) is 2.14. The molecule has 2 fully saturated rings. The Morgan fingerprint density at radius 1 is 1.12 bits per heavy atom. The van der Waals surface area contributed by atoms with Crippen molar-refractivity contribution in [2.24, 2.45) is 0 Å². The molecule has 2 aliphatic heterocycles. The third-order valence-electron chi connectivity index (χ3n) is 4.82. The summed E-state index contributed by atoms with van der Waals surface area (Å²) >= 11 is 7.68. The number of methoxy groups -OCH3 is 1. The highest BCUT2D eigenvalue weighted by atomic mass is 35.5. The predicted octanol–water partition coefficient (Wildman–Crippen LogP) is 2.26. The lowest BCUT2D eigenvalue weighted by Gasteiger charge is -2.44. The van der Waals surface area contributed by atoms with E-state index in [-0.39, 0.29) is 29.9 Å². The van der Waals surface area contributed by atoms with Crippen LogP contribution in [-0.4, -0.2) is 72.2 Å². The van der Waals surface area contributed by atoms with Crippen molar-refractivity contribution in [3.63, 3.8) is 0 Å². The molecule has 6 nitrogen and oxygen atoms in total. The summed E-state index contributed by atoms with van der Waals surface area (Å²) in [5.41, 5.74) is 0. The molecule has 0 unspecified atom stereocenters. The number of carbonyl (C=O) groups is 2. The summed E-state index contributed by atoms with van der Waals surface area (Å²) in [4.78, 5) is 28.3. The van der Waals surface area contributed by atoms with E-state index in [2.05, 4.69) is 0 Å². The van der Waals surface area contributed by atoms with Gasteiger partial charge in [0.2, 0.25) is 5.91 Å². The van der Waals surface area contributed by atoms with E-state index >= 15 is 0 Å². The van der Waals surface area contributed by atoms with Crippen molar-refractivity contribution in [1.82, 2.24) is 9.80 Å². The van der Waals surface area contributed by atoms with Gasteiger partial charge in [0, 0.05) is 37.5 Å². The van der Waals surface area contributed by atoms with Gasteiger partial charge in [-0.3, -0.25) is 9.59 Å². The highest BCUT2D eigenvalue weighted by molar-refractivity contribution is 8.00. The lowest BCUT2D eigenvalue weighted by Crippen LogP contribution is -2.54. The summed E-state index contributed by atoms with van der Waals surface area (Å²) < 4.78 is 10.5. The van der Waals surface area contributed by atoms with Crippen LogP contribution in [0.25, 0.3) is 0 Å². The number of likely N-dealkylation sites (tertiary alicyclic amines) is 1. The average Bonchev–Trinajstić information content (AvgIpc) is 3.05. The number of nitrogens with zero attached hydrogens (tertiary/aromatic N) is 2. The monoisotopic (exact) mass is 398 g/mol. The van der Waals surface area contributed by atoms with E-state index < -0.39 is 0 Å². The highest BCUT2D eigenvalue weighted by Gasteiger charge is 2.46. The fourth-order valence-electron chi connectivity index (χ4n) is 3.45. The molecule has 26 heavy (non-hydrogen) atoms. The summed E-state index contributed by atoms with van der Waals surface area (Å²) in [6.07, 6.45) is 1.56. The molecule has 2 aliphatic rings. The Morgan fingerprint density at radius 3 is 2.46 bits per heavy atom. The molecule has 1 spiro atoms. The molecule has 1 aromatic rings. The number of carbonyl (C=O) groups excluding carboxylic acids is 2. The van der Waals surface area contributed by atoms with E-state index in [1.165, 1.54) is 7.11 Å². The van der Waals surface area contributed by atoms with Gasteiger partial charge in [-0.15, -0.1) is 11.8 Å². The van der Waals surface area contributed by atoms with Gasteiger partial charge < -0.3 is 19.3 Å². The van der Waals surface area contributed by atoms with E-state index in [9.17, 15) is 9.59 Å². The Balaban J connectivity index is 1.56. The van der Waals surface area contributed by atoms with Gasteiger partial charge >= 0.3 is 0 Å². The van der Waals surface area contributed by atoms with Crippen LogP contribution >= 0.6 is 23.4 Å². The van der Waals surface area contributed by atoms with Crippen molar-refractivity contribution in [3.05, 3.63) is 29.3 Å². The van der Waals surface area contributed by atoms with Crippen molar-refractivity contribution in [2.45, 2.75) is 17.7 Å². The Hall–Kier alpha value is -1.44. The molecule has 0 aromatic heterocycles. The molecule has 0 radical (unpaired) electrons. The largest absolute Gasteiger partial charge is 0.484 e.